The first-order valence-corrected chi connectivity index (χ1v) is 7.49. The molecule has 4 heteroatoms. The molecule has 0 bridgehead atoms. The molecule has 0 unspecified atom stereocenters. The van der Waals surface area contributed by atoms with Gasteiger partial charge in [0.25, 0.3) is 0 Å². The van der Waals surface area contributed by atoms with Crippen LogP contribution in [-0.4, -0.2) is 24.0 Å². The number of hydrogen-bond acceptors (Lipinski definition) is 3. The van der Waals surface area contributed by atoms with E-state index in [4.69, 9.17) is 9.47 Å². The van der Waals surface area contributed by atoms with Crippen molar-refractivity contribution in [2.75, 3.05) is 14.2 Å². The first kappa shape index (κ1) is 15.2. The molecule has 1 aromatic heterocycles. The molecule has 3 rings (SSSR count). The Morgan fingerprint density at radius 1 is 0.870 bits per heavy atom. The van der Waals surface area contributed by atoms with Crippen LogP contribution in [0.5, 0.6) is 11.5 Å². The van der Waals surface area contributed by atoms with Crippen molar-refractivity contribution in [2.45, 2.75) is 13.8 Å². The maximum Gasteiger partial charge on any atom is 0.130 e. The summed E-state index contributed by atoms with van der Waals surface area (Å²) in [5.41, 5.74) is 5.21. The summed E-state index contributed by atoms with van der Waals surface area (Å²) in [7, 11) is 3.32. The van der Waals surface area contributed by atoms with E-state index in [1.54, 1.807) is 14.2 Å². The van der Waals surface area contributed by atoms with Gasteiger partial charge in [-0.25, -0.2) is 4.68 Å². The molecule has 0 N–H and O–H groups in total. The molecule has 0 amide bonds. The van der Waals surface area contributed by atoms with Crippen LogP contribution in [0.25, 0.3) is 16.8 Å². The Bertz CT molecular complexity index is 837. The van der Waals surface area contributed by atoms with Gasteiger partial charge < -0.3 is 9.47 Å². The lowest BCUT2D eigenvalue weighted by molar-refractivity contribution is 0.395. The molecule has 0 aliphatic rings. The lowest BCUT2D eigenvalue weighted by Gasteiger charge is -2.15. The molecule has 4 nitrogen and oxygen atoms in total. The molecule has 0 aliphatic heterocycles. The summed E-state index contributed by atoms with van der Waals surface area (Å²) in [6, 6.07) is 16.1. The largest absolute Gasteiger partial charge is 0.497 e. The minimum absolute atomic E-state index is 0.772. The van der Waals surface area contributed by atoms with Gasteiger partial charge in [-0.2, -0.15) is 5.10 Å². The van der Waals surface area contributed by atoms with Gasteiger partial charge in [0, 0.05) is 22.9 Å². The number of nitrogens with zero attached hydrogens (tertiary/aromatic N) is 2. The fourth-order valence-electron chi connectivity index (χ4n) is 2.78. The molecule has 0 atom stereocenters. The summed E-state index contributed by atoms with van der Waals surface area (Å²) >= 11 is 0. The smallest absolute Gasteiger partial charge is 0.130 e. The second kappa shape index (κ2) is 6.16. The Labute approximate surface area is 136 Å². The van der Waals surface area contributed by atoms with Gasteiger partial charge in [0.15, 0.2) is 0 Å². The Morgan fingerprint density at radius 2 is 1.65 bits per heavy atom. The van der Waals surface area contributed by atoms with Crippen molar-refractivity contribution in [3.63, 3.8) is 0 Å². The molecule has 118 valence electrons. The van der Waals surface area contributed by atoms with E-state index in [0.717, 1.165) is 39.7 Å². The van der Waals surface area contributed by atoms with Crippen LogP contribution >= 0.6 is 0 Å². The fraction of sp³-hybridized carbons (Fsp3) is 0.211. The number of aromatic nitrogens is 2. The van der Waals surface area contributed by atoms with Crippen LogP contribution < -0.4 is 9.47 Å². The molecule has 0 fully saturated rings. The first-order chi connectivity index (χ1) is 11.1. The minimum Gasteiger partial charge on any atom is -0.497 e. The minimum atomic E-state index is 0.772. The number of para-hydroxylation sites is 1. The lowest BCUT2D eigenvalue weighted by Crippen LogP contribution is -2.02. The number of benzene rings is 2. The van der Waals surface area contributed by atoms with E-state index in [1.165, 1.54) is 0 Å². The van der Waals surface area contributed by atoms with Crippen molar-refractivity contribution in [3.05, 3.63) is 59.9 Å². The zero-order chi connectivity index (χ0) is 16.4. The molecule has 0 aliphatic carbocycles. The second-order valence-corrected chi connectivity index (χ2v) is 5.42. The summed E-state index contributed by atoms with van der Waals surface area (Å²) < 4.78 is 12.8. The average Bonchev–Trinajstić information content (AvgIpc) is 2.92. The van der Waals surface area contributed by atoms with E-state index in [0.29, 0.717) is 0 Å². The molecular formula is C19H20N2O2. The number of hydrogen-bond donors (Lipinski definition) is 0. The molecule has 0 saturated carbocycles. The predicted octanol–water partition coefficient (Wildman–Crippen LogP) is 4.17. The first-order valence-electron chi connectivity index (χ1n) is 7.49. The van der Waals surface area contributed by atoms with Crippen LogP contribution in [0, 0.1) is 13.8 Å². The molecule has 0 spiro atoms. The van der Waals surface area contributed by atoms with E-state index in [1.807, 2.05) is 41.9 Å². The zero-order valence-electron chi connectivity index (χ0n) is 13.8. The van der Waals surface area contributed by atoms with Crippen LogP contribution in [0.1, 0.15) is 11.4 Å². The zero-order valence-corrected chi connectivity index (χ0v) is 13.8. The number of rotatable bonds is 4. The average molecular weight is 308 g/mol. The topological polar surface area (TPSA) is 36.3 Å². The normalized spacial score (nSPS) is 10.6. The predicted molar refractivity (Wildman–Crippen MR) is 91.6 cm³/mol. The summed E-state index contributed by atoms with van der Waals surface area (Å²) in [6.07, 6.45) is 0. The number of methoxy groups -OCH3 is 2. The van der Waals surface area contributed by atoms with Gasteiger partial charge in [0.1, 0.15) is 11.5 Å². The highest BCUT2D eigenvalue weighted by atomic mass is 16.5. The SMILES string of the molecule is COc1ccc(-c2ccccc2-n2nc(C)cc2C)c(OC)c1. The number of ether oxygens (including phenoxy) is 2. The van der Waals surface area contributed by atoms with E-state index in [9.17, 15) is 0 Å². The molecule has 1 heterocycles. The van der Waals surface area contributed by atoms with E-state index >= 15 is 0 Å². The van der Waals surface area contributed by atoms with Gasteiger partial charge in [-0.15, -0.1) is 0 Å². The van der Waals surface area contributed by atoms with Gasteiger partial charge in [-0.3, -0.25) is 0 Å². The Hall–Kier alpha value is -2.75. The summed E-state index contributed by atoms with van der Waals surface area (Å²) in [6.45, 7) is 4.06. The third-order valence-corrected chi connectivity index (χ3v) is 3.84. The van der Waals surface area contributed by atoms with Crippen molar-refractivity contribution in [3.8, 4) is 28.3 Å². The molecule has 2 aromatic carbocycles. The second-order valence-electron chi connectivity index (χ2n) is 5.42. The monoisotopic (exact) mass is 308 g/mol. The summed E-state index contributed by atoms with van der Waals surface area (Å²) in [4.78, 5) is 0. The van der Waals surface area contributed by atoms with Crippen molar-refractivity contribution in [2.24, 2.45) is 0 Å². The van der Waals surface area contributed by atoms with E-state index in [2.05, 4.69) is 30.2 Å². The Morgan fingerprint density at radius 3 is 2.30 bits per heavy atom. The molecule has 3 aromatic rings. The van der Waals surface area contributed by atoms with Gasteiger partial charge in [-0.1, -0.05) is 18.2 Å². The van der Waals surface area contributed by atoms with Gasteiger partial charge in [-0.05, 0) is 38.1 Å². The highest BCUT2D eigenvalue weighted by molar-refractivity contribution is 5.78. The highest BCUT2D eigenvalue weighted by Crippen LogP contribution is 2.36. The summed E-state index contributed by atoms with van der Waals surface area (Å²) in [5, 5.41) is 4.61. The third kappa shape index (κ3) is 2.80. The van der Waals surface area contributed by atoms with Crippen molar-refractivity contribution in [1.82, 2.24) is 9.78 Å². The number of aryl methyl sites for hydroxylation is 2. The maximum absolute atomic E-state index is 5.56. The quantitative estimate of drug-likeness (QED) is 0.725. The summed E-state index contributed by atoms with van der Waals surface area (Å²) in [5.74, 6) is 1.55. The van der Waals surface area contributed by atoms with Crippen LogP contribution in [-0.2, 0) is 0 Å². The fourth-order valence-corrected chi connectivity index (χ4v) is 2.78. The Balaban J connectivity index is 2.20. The Kier molecular flexibility index (Phi) is 4.06. The van der Waals surface area contributed by atoms with Crippen molar-refractivity contribution in [1.29, 1.82) is 0 Å². The van der Waals surface area contributed by atoms with Gasteiger partial charge >= 0.3 is 0 Å². The standard InChI is InChI=1S/C19H20N2O2/c1-13-11-14(2)21(20-13)18-8-6-5-7-16(18)17-10-9-15(22-3)12-19(17)23-4/h5-12H,1-4H3. The van der Waals surface area contributed by atoms with Crippen LogP contribution in [0.4, 0.5) is 0 Å². The van der Waals surface area contributed by atoms with Crippen LogP contribution in [0.3, 0.4) is 0 Å². The molecular weight excluding hydrogens is 288 g/mol. The molecule has 0 radical (unpaired) electrons. The van der Waals surface area contributed by atoms with Gasteiger partial charge in [0.05, 0.1) is 25.6 Å². The maximum atomic E-state index is 5.56. The van der Waals surface area contributed by atoms with E-state index < -0.39 is 0 Å². The highest BCUT2D eigenvalue weighted by Gasteiger charge is 2.14. The lowest BCUT2D eigenvalue weighted by atomic mass is 10.0. The van der Waals surface area contributed by atoms with Gasteiger partial charge in [0.2, 0.25) is 0 Å². The van der Waals surface area contributed by atoms with Crippen molar-refractivity contribution < 1.29 is 9.47 Å². The molecule has 0 saturated heterocycles. The van der Waals surface area contributed by atoms with Crippen molar-refractivity contribution >= 4 is 0 Å². The van der Waals surface area contributed by atoms with Crippen LogP contribution in [0.2, 0.25) is 0 Å². The third-order valence-electron chi connectivity index (χ3n) is 3.84. The van der Waals surface area contributed by atoms with Crippen LogP contribution in [0.15, 0.2) is 48.5 Å². The molecule has 23 heavy (non-hydrogen) atoms. The van der Waals surface area contributed by atoms with E-state index in [-0.39, 0.29) is 0 Å².